The van der Waals surface area contributed by atoms with Crippen LogP contribution in [0.15, 0.2) is 47.9 Å². The number of aromatic nitrogens is 6. The van der Waals surface area contributed by atoms with Gasteiger partial charge in [0.15, 0.2) is 0 Å². The first-order chi connectivity index (χ1) is 12.8. The minimum Gasteiger partial charge on any atom is -0.355 e. The van der Waals surface area contributed by atoms with Crippen molar-refractivity contribution in [2.24, 2.45) is 0 Å². The van der Waals surface area contributed by atoms with Crippen LogP contribution in [-0.4, -0.2) is 48.2 Å². The summed E-state index contributed by atoms with van der Waals surface area (Å²) in [5.74, 6) is 0.319. The molecule has 134 valence electrons. The van der Waals surface area contributed by atoms with E-state index < -0.39 is 0 Å². The van der Waals surface area contributed by atoms with Gasteiger partial charge in [-0.3, -0.25) is 4.79 Å². The predicted molar refractivity (Wildman–Crippen MR) is 97.1 cm³/mol. The Bertz CT molecular complexity index is 856. The molecule has 1 N–H and O–H groups in total. The van der Waals surface area contributed by atoms with E-state index in [-0.39, 0.29) is 5.91 Å². The van der Waals surface area contributed by atoms with Crippen molar-refractivity contribution >= 4 is 17.7 Å². The van der Waals surface area contributed by atoms with Crippen LogP contribution in [0.1, 0.15) is 24.4 Å². The molecular formula is C17H19N7OS. The lowest BCUT2D eigenvalue weighted by Gasteiger charge is -2.07. The smallest absolute Gasteiger partial charge is 0.230 e. The van der Waals surface area contributed by atoms with Crippen LogP contribution in [0.4, 0.5) is 0 Å². The third-order valence-corrected chi connectivity index (χ3v) is 5.06. The topological polar surface area (TPSA) is 90.5 Å². The molecule has 4 rings (SSSR count). The van der Waals surface area contributed by atoms with Gasteiger partial charge in [0.1, 0.15) is 0 Å². The second-order valence-corrected chi connectivity index (χ2v) is 7.09. The van der Waals surface area contributed by atoms with Gasteiger partial charge >= 0.3 is 0 Å². The first-order valence-corrected chi connectivity index (χ1v) is 9.54. The van der Waals surface area contributed by atoms with Gasteiger partial charge in [0.05, 0.1) is 17.5 Å². The number of rotatable bonds is 8. The van der Waals surface area contributed by atoms with Crippen molar-refractivity contribution in [1.82, 2.24) is 35.3 Å². The fourth-order valence-electron chi connectivity index (χ4n) is 2.59. The Morgan fingerprint density at radius 1 is 1.27 bits per heavy atom. The van der Waals surface area contributed by atoms with E-state index in [1.54, 1.807) is 6.20 Å². The number of amides is 1. The normalized spacial score (nSPS) is 13.7. The number of carbonyl (C=O) groups excluding carboxylic acids is 1. The Kier molecular flexibility index (Phi) is 4.96. The van der Waals surface area contributed by atoms with Crippen molar-refractivity contribution in [1.29, 1.82) is 0 Å². The van der Waals surface area contributed by atoms with Gasteiger partial charge in [0, 0.05) is 18.9 Å². The number of hydrogen-bond acceptors (Lipinski definition) is 6. The zero-order valence-electron chi connectivity index (χ0n) is 14.2. The van der Waals surface area contributed by atoms with Gasteiger partial charge in [0.25, 0.3) is 0 Å². The van der Waals surface area contributed by atoms with Crippen molar-refractivity contribution in [3.63, 3.8) is 0 Å². The van der Waals surface area contributed by atoms with Crippen LogP contribution in [0, 0.1) is 0 Å². The summed E-state index contributed by atoms with van der Waals surface area (Å²) < 4.78 is 3.64. The van der Waals surface area contributed by atoms with Crippen LogP contribution in [0.25, 0.3) is 5.69 Å². The Morgan fingerprint density at radius 3 is 2.85 bits per heavy atom. The van der Waals surface area contributed by atoms with Gasteiger partial charge in [-0.25, -0.2) is 9.36 Å². The molecule has 2 aromatic heterocycles. The van der Waals surface area contributed by atoms with Crippen LogP contribution in [0.3, 0.4) is 0 Å². The molecule has 0 aliphatic heterocycles. The van der Waals surface area contributed by atoms with E-state index in [0.29, 0.717) is 18.3 Å². The number of thioether (sulfide) groups is 1. The van der Waals surface area contributed by atoms with Gasteiger partial charge in [0.2, 0.25) is 11.1 Å². The fourth-order valence-corrected chi connectivity index (χ4v) is 3.37. The van der Waals surface area contributed by atoms with Gasteiger partial charge in [-0.1, -0.05) is 23.9 Å². The lowest BCUT2D eigenvalue weighted by molar-refractivity contribution is -0.118. The molecule has 3 aromatic rings. The summed E-state index contributed by atoms with van der Waals surface area (Å²) in [5.41, 5.74) is 2.19. The molecular weight excluding hydrogens is 350 g/mol. The minimum absolute atomic E-state index is 0.00601. The zero-order chi connectivity index (χ0) is 17.8. The Labute approximate surface area is 155 Å². The van der Waals surface area contributed by atoms with E-state index in [1.807, 2.05) is 33.8 Å². The molecule has 0 radical (unpaired) electrons. The molecule has 8 nitrogen and oxygen atoms in total. The summed E-state index contributed by atoms with van der Waals surface area (Å²) in [4.78, 5) is 12.0. The molecule has 26 heavy (non-hydrogen) atoms. The summed E-state index contributed by atoms with van der Waals surface area (Å²) in [7, 11) is 0. The Balaban J connectivity index is 1.20. The molecule has 1 aliphatic carbocycles. The minimum atomic E-state index is -0.00601. The standard InChI is InChI=1S/C17H19N7OS/c25-16(12-26-17-20-21-22-24(17)15-6-7-15)18-10-8-13-2-4-14(5-3-13)23-11-1-9-19-23/h1-5,9,11,15H,6-8,10,12H2,(H,18,25). The van der Waals surface area contributed by atoms with Crippen LogP contribution < -0.4 is 5.32 Å². The van der Waals surface area contributed by atoms with Crippen LogP contribution in [0.5, 0.6) is 0 Å². The number of hydrogen-bond donors (Lipinski definition) is 1. The highest BCUT2D eigenvalue weighted by Gasteiger charge is 2.28. The average Bonchev–Trinajstić information content (AvgIpc) is 3.17. The third kappa shape index (κ3) is 4.10. The number of benzene rings is 1. The van der Waals surface area contributed by atoms with Crippen molar-refractivity contribution in [3.8, 4) is 5.69 Å². The maximum absolute atomic E-state index is 12.0. The molecule has 0 saturated heterocycles. The molecule has 0 spiro atoms. The Hall–Kier alpha value is -2.68. The molecule has 1 fully saturated rings. The zero-order valence-corrected chi connectivity index (χ0v) is 15.0. The number of nitrogens with zero attached hydrogens (tertiary/aromatic N) is 6. The maximum atomic E-state index is 12.0. The first kappa shape index (κ1) is 16.8. The highest BCUT2D eigenvalue weighted by Crippen LogP contribution is 2.36. The van der Waals surface area contributed by atoms with Crippen molar-refractivity contribution in [2.45, 2.75) is 30.5 Å². The predicted octanol–water partition coefficient (Wildman–Crippen LogP) is 1.64. The quantitative estimate of drug-likeness (QED) is 0.607. The molecule has 0 bridgehead atoms. The highest BCUT2D eigenvalue weighted by atomic mass is 32.2. The summed E-state index contributed by atoms with van der Waals surface area (Å²) in [6.45, 7) is 0.605. The molecule has 1 aromatic carbocycles. The molecule has 1 saturated carbocycles. The Morgan fingerprint density at radius 2 is 2.12 bits per heavy atom. The number of nitrogens with one attached hydrogen (secondary N) is 1. The SMILES string of the molecule is O=C(CSc1nnnn1C1CC1)NCCc1ccc(-n2cccn2)cc1. The maximum Gasteiger partial charge on any atom is 0.230 e. The van der Waals surface area contributed by atoms with Gasteiger partial charge in [-0.05, 0) is 53.5 Å². The van der Waals surface area contributed by atoms with Crippen LogP contribution in [-0.2, 0) is 11.2 Å². The van der Waals surface area contributed by atoms with E-state index in [1.165, 1.54) is 17.3 Å². The summed E-state index contributed by atoms with van der Waals surface area (Å²) in [6, 6.07) is 10.5. The lowest BCUT2D eigenvalue weighted by atomic mass is 10.1. The molecule has 0 unspecified atom stereocenters. The number of tetrazole rings is 1. The second kappa shape index (κ2) is 7.69. The highest BCUT2D eigenvalue weighted by molar-refractivity contribution is 7.99. The molecule has 2 heterocycles. The second-order valence-electron chi connectivity index (χ2n) is 6.14. The molecule has 9 heteroatoms. The summed E-state index contributed by atoms with van der Waals surface area (Å²) in [6.07, 6.45) is 6.68. The van der Waals surface area contributed by atoms with Gasteiger partial charge < -0.3 is 5.32 Å². The number of carbonyl (C=O) groups is 1. The van der Waals surface area contributed by atoms with E-state index in [4.69, 9.17) is 0 Å². The van der Waals surface area contributed by atoms with Crippen LogP contribution >= 0.6 is 11.8 Å². The summed E-state index contributed by atoms with van der Waals surface area (Å²) in [5, 5.41) is 19.5. The molecule has 1 aliphatic rings. The monoisotopic (exact) mass is 369 g/mol. The molecule has 0 atom stereocenters. The fraction of sp³-hybridized carbons (Fsp3) is 0.353. The average molecular weight is 369 g/mol. The van der Waals surface area contributed by atoms with Crippen molar-refractivity contribution in [3.05, 3.63) is 48.3 Å². The first-order valence-electron chi connectivity index (χ1n) is 8.56. The summed E-state index contributed by atoms with van der Waals surface area (Å²) >= 11 is 1.38. The lowest BCUT2D eigenvalue weighted by Crippen LogP contribution is -2.27. The van der Waals surface area contributed by atoms with Gasteiger partial charge in [-0.2, -0.15) is 5.10 Å². The van der Waals surface area contributed by atoms with E-state index in [0.717, 1.165) is 30.1 Å². The van der Waals surface area contributed by atoms with Crippen LogP contribution in [0.2, 0.25) is 0 Å². The van der Waals surface area contributed by atoms with E-state index in [2.05, 4.69) is 38.1 Å². The largest absolute Gasteiger partial charge is 0.355 e. The van der Waals surface area contributed by atoms with Crippen molar-refractivity contribution < 1.29 is 4.79 Å². The third-order valence-electron chi connectivity index (χ3n) is 4.13. The van der Waals surface area contributed by atoms with Crippen molar-refractivity contribution in [2.75, 3.05) is 12.3 Å². The molecule has 1 amide bonds. The van der Waals surface area contributed by atoms with Gasteiger partial charge in [-0.15, -0.1) is 5.10 Å². The van der Waals surface area contributed by atoms with E-state index >= 15 is 0 Å². The van der Waals surface area contributed by atoms with E-state index in [9.17, 15) is 4.79 Å².